The molecule has 6 heteroatoms. The highest BCUT2D eigenvalue weighted by molar-refractivity contribution is 6.42. The zero-order chi connectivity index (χ0) is 14.5. The highest BCUT2D eigenvalue weighted by atomic mass is 35.5. The molecule has 0 unspecified atom stereocenters. The quantitative estimate of drug-likeness (QED) is 0.857. The first-order valence-electron chi connectivity index (χ1n) is 5.95. The van der Waals surface area contributed by atoms with Crippen molar-refractivity contribution in [1.82, 2.24) is 4.57 Å². The molecule has 0 aliphatic carbocycles. The maximum atomic E-state index is 11.8. The number of nitrogens with one attached hydrogen (secondary N) is 1. The van der Waals surface area contributed by atoms with Gasteiger partial charge in [-0.15, -0.1) is 0 Å². The predicted molar refractivity (Wildman–Crippen MR) is 79.5 cm³/mol. The lowest BCUT2D eigenvalue weighted by molar-refractivity contribution is -0.116. The summed E-state index contributed by atoms with van der Waals surface area (Å²) < 4.78 is 1.72. The molecule has 0 spiro atoms. The Morgan fingerprint density at radius 1 is 1.25 bits per heavy atom. The van der Waals surface area contributed by atoms with Crippen molar-refractivity contribution >= 4 is 41.1 Å². The third-order valence-electron chi connectivity index (χ3n) is 2.77. The number of benzene rings is 1. The number of aryl methyl sites for hydroxylation is 1. The summed E-state index contributed by atoms with van der Waals surface area (Å²) in [7, 11) is 0. The SMILES string of the molecule is O=Cc1cccn1CCC(=O)Nc1ccc(Cl)c(Cl)c1. The molecule has 0 bridgehead atoms. The minimum Gasteiger partial charge on any atom is -0.345 e. The van der Waals surface area contributed by atoms with E-state index in [1.807, 2.05) is 0 Å². The number of nitrogens with zero attached hydrogens (tertiary/aromatic N) is 1. The maximum Gasteiger partial charge on any atom is 0.226 e. The van der Waals surface area contributed by atoms with E-state index < -0.39 is 0 Å². The standard InChI is InChI=1S/C14H12Cl2N2O2/c15-12-4-3-10(8-13(12)16)17-14(20)5-7-18-6-1-2-11(18)9-19/h1-4,6,8-9H,5,7H2,(H,17,20). The van der Waals surface area contributed by atoms with Crippen molar-refractivity contribution in [3.8, 4) is 0 Å². The normalized spacial score (nSPS) is 10.3. The number of hydrogen-bond donors (Lipinski definition) is 1. The van der Waals surface area contributed by atoms with Crippen molar-refractivity contribution in [3.63, 3.8) is 0 Å². The molecule has 0 saturated heterocycles. The van der Waals surface area contributed by atoms with Gasteiger partial charge in [-0.1, -0.05) is 23.2 Å². The molecule has 0 radical (unpaired) electrons. The molecule has 0 atom stereocenters. The van der Waals surface area contributed by atoms with Gasteiger partial charge in [0.05, 0.1) is 15.7 Å². The number of anilines is 1. The second kappa shape index (κ2) is 6.59. The van der Waals surface area contributed by atoms with Gasteiger partial charge in [0.15, 0.2) is 6.29 Å². The van der Waals surface area contributed by atoms with E-state index in [2.05, 4.69) is 5.32 Å². The first-order chi connectivity index (χ1) is 9.60. The molecular formula is C14H12Cl2N2O2. The van der Waals surface area contributed by atoms with Crippen LogP contribution in [-0.4, -0.2) is 16.8 Å². The lowest BCUT2D eigenvalue weighted by atomic mass is 10.3. The van der Waals surface area contributed by atoms with Crippen LogP contribution < -0.4 is 5.32 Å². The summed E-state index contributed by atoms with van der Waals surface area (Å²) in [4.78, 5) is 22.6. The van der Waals surface area contributed by atoms with E-state index in [1.54, 1.807) is 41.1 Å². The van der Waals surface area contributed by atoms with Gasteiger partial charge < -0.3 is 9.88 Å². The fourth-order valence-corrected chi connectivity index (χ4v) is 2.06. The van der Waals surface area contributed by atoms with Gasteiger partial charge in [0.2, 0.25) is 5.91 Å². The Morgan fingerprint density at radius 3 is 2.75 bits per heavy atom. The zero-order valence-corrected chi connectivity index (χ0v) is 12.0. The Bertz CT molecular complexity index is 638. The second-order valence-corrected chi connectivity index (χ2v) is 4.99. The number of aldehydes is 1. The minimum absolute atomic E-state index is 0.158. The van der Waals surface area contributed by atoms with Crippen LogP contribution in [-0.2, 0) is 11.3 Å². The molecule has 0 aliphatic heterocycles. The second-order valence-electron chi connectivity index (χ2n) is 4.17. The molecule has 0 aliphatic rings. The van der Waals surface area contributed by atoms with Gasteiger partial charge in [0.25, 0.3) is 0 Å². The minimum atomic E-state index is -0.158. The molecule has 1 aromatic heterocycles. The van der Waals surface area contributed by atoms with Crippen LogP contribution in [0.25, 0.3) is 0 Å². The summed E-state index contributed by atoms with van der Waals surface area (Å²) in [6, 6.07) is 8.35. The summed E-state index contributed by atoms with van der Waals surface area (Å²) in [6.07, 6.45) is 2.78. The molecule has 1 amide bonds. The van der Waals surface area contributed by atoms with Crippen LogP contribution in [0.4, 0.5) is 5.69 Å². The first kappa shape index (κ1) is 14.6. The number of carbonyl (C=O) groups excluding carboxylic acids is 2. The third kappa shape index (κ3) is 3.62. The van der Waals surface area contributed by atoms with E-state index in [1.165, 1.54) is 0 Å². The Hall–Kier alpha value is -1.78. The first-order valence-corrected chi connectivity index (χ1v) is 6.71. The largest absolute Gasteiger partial charge is 0.345 e. The highest BCUT2D eigenvalue weighted by Crippen LogP contribution is 2.25. The van der Waals surface area contributed by atoms with Crippen molar-refractivity contribution < 1.29 is 9.59 Å². The molecule has 1 aromatic carbocycles. The molecule has 1 heterocycles. The Kier molecular flexibility index (Phi) is 4.82. The molecule has 1 N–H and O–H groups in total. The van der Waals surface area contributed by atoms with Crippen LogP contribution in [0, 0.1) is 0 Å². The lowest BCUT2D eigenvalue weighted by Gasteiger charge is -2.08. The summed E-state index contributed by atoms with van der Waals surface area (Å²) in [5, 5.41) is 3.55. The fourth-order valence-electron chi connectivity index (χ4n) is 1.76. The number of carbonyl (C=O) groups is 2. The van der Waals surface area contributed by atoms with E-state index in [0.29, 0.717) is 28.0 Å². The third-order valence-corrected chi connectivity index (χ3v) is 3.51. The molecule has 20 heavy (non-hydrogen) atoms. The van der Waals surface area contributed by atoms with Crippen molar-refractivity contribution in [2.75, 3.05) is 5.32 Å². The van der Waals surface area contributed by atoms with Crippen molar-refractivity contribution in [1.29, 1.82) is 0 Å². The number of amides is 1. The van der Waals surface area contributed by atoms with Crippen molar-refractivity contribution in [2.24, 2.45) is 0 Å². The van der Waals surface area contributed by atoms with Gasteiger partial charge in [-0.05, 0) is 30.3 Å². The van der Waals surface area contributed by atoms with E-state index in [-0.39, 0.29) is 12.3 Å². The summed E-state index contributed by atoms with van der Waals surface area (Å²) in [6.45, 7) is 0.439. The van der Waals surface area contributed by atoms with Gasteiger partial charge in [-0.2, -0.15) is 0 Å². The van der Waals surface area contributed by atoms with Crippen LogP contribution in [0.15, 0.2) is 36.5 Å². The maximum absolute atomic E-state index is 11.8. The van der Waals surface area contributed by atoms with E-state index in [4.69, 9.17) is 23.2 Å². The number of aromatic nitrogens is 1. The average Bonchev–Trinajstić information content (AvgIpc) is 2.88. The van der Waals surface area contributed by atoms with Crippen LogP contribution in [0.3, 0.4) is 0 Å². The highest BCUT2D eigenvalue weighted by Gasteiger charge is 2.06. The molecular weight excluding hydrogens is 299 g/mol. The molecule has 2 aromatic rings. The van der Waals surface area contributed by atoms with Gasteiger partial charge in [-0.25, -0.2) is 0 Å². The summed E-state index contributed by atoms with van der Waals surface area (Å²) >= 11 is 11.7. The van der Waals surface area contributed by atoms with Gasteiger partial charge >= 0.3 is 0 Å². The van der Waals surface area contributed by atoms with Crippen LogP contribution >= 0.6 is 23.2 Å². The van der Waals surface area contributed by atoms with Crippen LogP contribution in [0.1, 0.15) is 16.9 Å². The molecule has 104 valence electrons. The van der Waals surface area contributed by atoms with Gasteiger partial charge in [0.1, 0.15) is 0 Å². The topological polar surface area (TPSA) is 51.1 Å². The van der Waals surface area contributed by atoms with Gasteiger partial charge in [0, 0.05) is 24.8 Å². The fraction of sp³-hybridized carbons (Fsp3) is 0.143. The van der Waals surface area contributed by atoms with Crippen LogP contribution in [0.5, 0.6) is 0 Å². The van der Waals surface area contributed by atoms with Crippen molar-refractivity contribution in [3.05, 3.63) is 52.3 Å². The number of hydrogen-bond acceptors (Lipinski definition) is 2. The van der Waals surface area contributed by atoms with E-state index in [9.17, 15) is 9.59 Å². The smallest absolute Gasteiger partial charge is 0.226 e. The van der Waals surface area contributed by atoms with Crippen LogP contribution in [0.2, 0.25) is 10.0 Å². The number of rotatable bonds is 5. The summed E-state index contributed by atoms with van der Waals surface area (Å²) in [5.41, 5.74) is 1.14. The summed E-state index contributed by atoms with van der Waals surface area (Å²) in [5.74, 6) is -0.158. The molecule has 4 nitrogen and oxygen atoms in total. The zero-order valence-electron chi connectivity index (χ0n) is 10.5. The van der Waals surface area contributed by atoms with E-state index in [0.717, 1.165) is 6.29 Å². The Morgan fingerprint density at radius 2 is 2.05 bits per heavy atom. The monoisotopic (exact) mass is 310 g/mol. The molecule has 2 rings (SSSR count). The molecule has 0 fully saturated rings. The average molecular weight is 311 g/mol. The Balaban J connectivity index is 1.92. The lowest BCUT2D eigenvalue weighted by Crippen LogP contribution is -2.15. The van der Waals surface area contributed by atoms with E-state index >= 15 is 0 Å². The Labute approximate surface area is 126 Å². The van der Waals surface area contributed by atoms with Crippen molar-refractivity contribution in [2.45, 2.75) is 13.0 Å². The molecule has 0 saturated carbocycles. The van der Waals surface area contributed by atoms with Gasteiger partial charge in [-0.3, -0.25) is 9.59 Å². The predicted octanol–water partition coefficient (Wildman–Crippen LogP) is 3.64. The number of halogens is 2.